The van der Waals surface area contributed by atoms with Crippen LogP contribution in [0.1, 0.15) is 30.5 Å². The molecule has 2 N–H and O–H groups in total. The maximum absolute atomic E-state index is 12.9. The standard InChI is InChI=1S/C16H19FN4O2/c17-13-5-2-12(3-6-13)4-7-15(22)21-9-1-8-16(23,11-21)14-10-18-20-19-14/h2-3,5-6,10,23H,1,4,7-9,11H2,(H,18,19,20)/t16-/m1/s1. The lowest BCUT2D eigenvalue weighted by Gasteiger charge is -2.38. The summed E-state index contributed by atoms with van der Waals surface area (Å²) >= 11 is 0. The number of carbonyl (C=O) groups excluding carboxylic acids is 1. The first-order valence-electron chi connectivity index (χ1n) is 7.68. The van der Waals surface area contributed by atoms with Gasteiger partial charge in [0.05, 0.1) is 12.7 Å². The molecule has 2 aromatic rings. The van der Waals surface area contributed by atoms with Gasteiger partial charge in [0, 0.05) is 13.0 Å². The number of amides is 1. The molecule has 1 fully saturated rings. The number of carbonyl (C=O) groups is 1. The van der Waals surface area contributed by atoms with Crippen LogP contribution in [0.3, 0.4) is 0 Å². The highest BCUT2D eigenvalue weighted by molar-refractivity contribution is 5.76. The summed E-state index contributed by atoms with van der Waals surface area (Å²) in [6.07, 6.45) is 3.65. The van der Waals surface area contributed by atoms with Crippen molar-refractivity contribution in [1.29, 1.82) is 0 Å². The van der Waals surface area contributed by atoms with Crippen LogP contribution in [0.4, 0.5) is 4.39 Å². The summed E-state index contributed by atoms with van der Waals surface area (Å²) in [4.78, 5) is 14.1. The number of halogens is 1. The van der Waals surface area contributed by atoms with Gasteiger partial charge in [-0.05, 0) is 37.0 Å². The Morgan fingerprint density at radius 2 is 2.17 bits per heavy atom. The highest BCUT2D eigenvalue weighted by Crippen LogP contribution is 2.30. The van der Waals surface area contributed by atoms with Crippen molar-refractivity contribution < 1.29 is 14.3 Å². The van der Waals surface area contributed by atoms with Crippen molar-refractivity contribution in [3.63, 3.8) is 0 Å². The normalized spacial score (nSPS) is 21.4. The molecular weight excluding hydrogens is 299 g/mol. The SMILES string of the molecule is O=C(CCc1ccc(F)cc1)N1CCC[C@](O)(c2cn[nH]n2)C1. The predicted octanol–water partition coefficient (Wildman–Crippen LogP) is 1.39. The first-order chi connectivity index (χ1) is 11.1. The molecule has 1 aromatic heterocycles. The summed E-state index contributed by atoms with van der Waals surface area (Å²) in [6, 6.07) is 6.16. The Bertz CT molecular complexity index is 659. The van der Waals surface area contributed by atoms with E-state index in [1.165, 1.54) is 18.3 Å². The molecule has 3 rings (SSSR count). The van der Waals surface area contributed by atoms with E-state index in [2.05, 4.69) is 15.4 Å². The molecule has 0 unspecified atom stereocenters. The molecule has 1 aromatic carbocycles. The van der Waals surface area contributed by atoms with Gasteiger partial charge >= 0.3 is 0 Å². The van der Waals surface area contributed by atoms with Crippen LogP contribution < -0.4 is 0 Å². The molecule has 0 aliphatic carbocycles. The third kappa shape index (κ3) is 3.56. The van der Waals surface area contributed by atoms with Crippen molar-refractivity contribution >= 4 is 5.91 Å². The summed E-state index contributed by atoms with van der Waals surface area (Å²) < 4.78 is 12.9. The molecule has 1 aliphatic heterocycles. The van der Waals surface area contributed by atoms with Gasteiger partial charge in [-0.2, -0.15) is 15.4 Å². The minimum Gasteiger partial charge on any atom is -0.382 e. The number of likely N-dealkylation sites (tertiary alicyclic amines) is 1. The van der Waals surface area contributed by atoms with Gasteiger partial charge < -0.3 is 10.0 Å². The number of H-pyrrole nitrogens is 1. The van der Waals surface area contributed by atoms with Crippen LogP contribution in [0.2, 0.25) is 0 Å². The second-order valence-corrected chi connectivity index (χ2v) is 5.93. The Labute approximate surface area is 133 Å². The molecule has 1 atom stereocenters. The van der Waals surface area contributed by atoms with E-state index >= 15 is 0 Å². The molecular formula is C16H19FN4O2. The molecule has 6 nitrogen and oxygen atoms in total. The lowest BCUT2D eigenvalue weighted by atomic mass is 9.90. The molecule has 23 heavy (non-hydrogen) atoms. The van der Waals surface area contributed by atoms with E-state index in [4.69, 9.17) is 0 Å². The fraction of sp³-hybridized carbons (Fsp3) is 0.438. The molecule has 7 heteroatoms. The van der Waals surface area contributed by atoms with E-state index in [0.29, 0.717) is 37.9 Å². The number of nitrogens with one attached hydrogen (secondary N) is 1. The zero-order valence-corrected chi connectivity index (χ0v) is 12.7. The second kappa shape index (κ2) is 6.45. The average Bonchev–Trinajstić information content (AvgIpc) is 3.09. The van der Waals surface area contributed by atoms with Crippen LogP contribution in [0.5, 0.6) is 0 Å². The van der Waals surface area contributed by atoms with Gasteiger partial charge in [-0.25, -0.2) is 4.39 Å². The molecule has 0 bridgehead atoms. The molecule has 0 saturated carbocycles. The van der Waals surface area contributed by atoms with E-state index in [1.807, 2.05) is 0 Å². The van der Waals surface area contributed by atoms with Gasteiger partial charge in [0.15, 0.2) is 0 Å². The zero-order valence-electron chi connectivity index (χ0n) is 12.7. The van der Waals surface area contributed by atoms with Crippen LogP contribution in [0.15, 0.2) is 30.5 Å². The number of benzene rings is 1. The number of rotatable bonds is 4. The van der Waals surface area contributed by atoms with E-state index in [1.54, 1.807) is 17.0 Å². The lowest BCUT2D eigenvalue weighted by molar-refractivity contribution is -0.139. The summed E-state index contributed by atoms with van der Waals surface area (Å²) in [7, 11) is 0. The van der Waals surface area contributed by atoms with Crippen LogP contribution in [-0.4, -0.2) is 44.4 Å². The molecule has 0 spiro atoms. The Balaban J connectivity index is 1.60. The van der Waals surface area contributed by atoms with E-state index in [0.717, 1.165) is 5.56 Å². The summed E-state index contributed by atoms with van der Waals surface area (Å²) in [5.41, 5.74) is 0.244. The molecule has 0 radical (unpaired) electrons. The van der Waals surface area contributed by atoms with Crippen molar-refractivity contribution in [2.24, 2.45) is 0 Å². The van der Waals surface area contributed by atoms with E-state index in [-0.39, 0.29) is 18.3 Å². The molecule has 1 saturated heterocycles. The quantitative estimate of drug-likeness (QED) is 0.892. The number of nitrogens with zero attached hydrogens (tertiary/aromatic N) is 3. The topological polar surface area (TPSA) is 82.1 Å². The first-order valence-corrected chi connectivity index (χ1v) is 7.68. The maximum atomic E-state index is 12.9. The van der Waals surface area contributed by atoms with Crippen molar-refractivity contribution in [1.82, 2.24) is 20.3 Å². The lowest BCUT2D eigenvalue weighted by Crippen LogP contribution is -2.48. The third-order valence-electron chi connectivity index (χ3n) is 4.26. The highest BCUT2D eigenvalue weighted by atomic mass is 19.1. The van der Waals surface area contributed by atoms with Gasteiger partial charge in [-0.15, -0.1) is 0 Å². The number of β-amino-alcohol motifs (C(OH)–C–C–N with tert-alkyl or cyclic N) is 1. The van der Waals surface area contributed by atoms with Crippen molar-refractivity contribution in [3.8, 4) is 0 Å². The number of hydrogen-bond acceptors (Lipinski definition) is 4. The monoisotopic (exact) mass is 318 g/mol. The van der Waals surface area contributed by atoms with Gasteiger partial charge in [-0.1, -0.05) is 12.1 Å². The summed E-state index contributed by atoms with van der Waals surface area (Å²) in [6.45, 7) is 0.851. The minimum absolute atomic E-state index is 0.0176. The third-order valence-corrected chi connectivity index (χ3v) is 4.26. The number of aromatic amines is 1. The minimum atomic E-state index is -1.14. The van der Waals surface area contributed by atoms with Gasteiger partial charge in [0.1, 0.15) is 17.1 Å². The van der Waals surface area contributed by atoms with Gasteiger partial charge in [0.25, 0.3) is 0 Å². The Morgan fingerprint density at radius 1 is 1.39 bits per heavy atom. The van der Waals surface area contributed by atoms with Crippen LogP contribution in [0, 0.1) is 5.82 Å². The Kier molecular flexibility index (Phi) is 4.38. The van der Waals surface area contributed by atoms with Gasteiger partial charge in [-0.3, -0.25) is 4.79 Å². The largest absolute Gasteiger partial charge is 0.382 e. The summed E-state index contributed by atoms with van der Waals surface area (Å²) in [5.74, 6) is -0.301. The van der Waals surface area contributed by atoms with Crippen LogP contribution in [-0.2, 0) is 16.8 Å². The zero-order chi connectivity index (χ0) is 16.3. The van der Waals surface area contributed by atoms with Crippen LogP contribution >= 0.6 is 0 Å². The van der Waals surface area contributed by atoms with Gasteiger partial charge in [0.2, 0.25) is 5.91 Å². The molecule has 1 amide bonds. The predicted molar refractivity (Wildman–Crippen MR) is 80.8 cm³/mol. The molecule has 2 heterocycles. The van der Waals surface area contributed by atoms with E-state index in [9.17, 15) is 14.3 Å². The Hall–Kier alpha value is -2.28. The molecule has 1 aliphatic rings. The average molecular weight is 318 g/mol. The number of aromatic nitrogens is 3. The fourth-order valence-electron chi connectivity index (χ4n) is 2.94. The van der Waals surface area contributed by atoms with E-state index < -0.39 is 5.60 Å². The maximum Gasteiger partial charge on any atom is 0.223 e. The van der Waals surface area contributed by atoms with Crippen LogP contribution in [0.25, 0.3) is 0 Å². The number of aryl methyl sites for hydroxylation is 1. The number of piperidine rings is 1. The van der Waals surface area contributed by atoms with Crippen molar-refractivity contribution in [3.05, 3.63) is 47.5 Å². The highest BCUT2D eigenvalue weighted by Gasteiger charge is 2.38. The molecule has 122 valence electrons. The summed E-state index contributed by atoms with van der Waals surface area (Å²) in [5, 5.41) is 20.9. The van der Waals surface area contributed by atoms with Crippen molar-refractivity contribution in [2.45, 2.75) is 31.3 Å². The second-order valence-electron chi connectivity index (χ2n) is 5.93. The number of aliphatic hydroxyl groups is 1. The smallest absolute Gasteiger partial charge is 0.223 e. The fourth-order valence-corrected chi connectivity index (χ4v) is 2.94. The first kappa shape index (κ1) is 15.6. The number of hydrogen-bond donors (Lipinski definition) is 2. The van der Waals surface area contributed by atoms with Crippen molar-refractivity contribution in [2.75, 3.05) is 13.1 Å². The Morgan fingerprint density at radius 3 is 2.87 bits per heavy atom.